The first kappa shape index (κ1) is 10.4. The molecule has 1 aromatic carbocycles. The first-order chi connectivity index (χ1) is 7.61. The van der Waals surface area contributed by atoms with Gasteiger partial charge in [-0.25, -0.2) is 8.78 Å². The van der Waals surface area contributed by atoms with Crippen LogP contribution in [0.25, 0.3) is 11.3 Å². The topological polar surface area (TPSA) is 61.3 Å². The second kappa shape index (κ2) is 3.80. The van der Waals surface area contributed by atoms with Crippen LogP contribution in [0.2, 0.25) is 0 Å². The van der Waals surface area contributed by atoms with Crippen molar-refractivity contribution in [1.82, 2.24) is 5.16 Å². The van der Waals surface area contributed by atoms with Gasteiger partial charge in [-0.3, -0.25) is 0 Å². The van der Waals surface area contributed by atoms with Crippen LogP contribution < -0.4 is 10.5 Å². The lowest BCUT2D eigenvalue weighted by molar-refractivity contribution is 0.399. The van der Waals surface area contributed by atoms with Crippen LogP contribution in [0.3, 0.4) is 0 Å². The maximum Gasteiger partial charge on any atom is 0.172 e. The van der Waals surface area contributed by atoms with Crippen molar-refractivity contribution in [3.8, 4) is 17.1 Å². The van der Waals surface area contributed by atoms with Crippen LogP contribution >= 0.6 is 0 Å². The van der Waals surface area contributed by atoms with Crippen molar-refractivity contribution in [3.05, 3.63) is 29.8 Å². The molecule has 0 saturated carbocycles. The summed E-state index contributed by atoms with van der Waals surface area (Å²) in [6, 6.07) is 3.30. The highest BCUT2D eigenvalue weighted by atomic mass is 19.2. The normalized spacial score (nSPS) is 10.4. The minimum Gasteiger partial charge on any atom is -0.496 e. The quantitative estimate of drug-likeness (QED) is 0.852. The monoisotopic (exact) mass is 226 g/mol. The number of nitrogen functional groups attached to an aromatic ring is 1. The van der Waals surface area contributed by atoms with E-state index in [0.717, 1.165) is 12.1 Å². The summed E-state index contributed by atoms with van der Waals surface area (Å²) in [6.07, 6.45) is 0. The van der Waals surface area contributed by atoms with Gasteiger partial charge in [-0.05, 0) is 6.07 Å². The number of hydrogen-bond donors (Lipinski definition) is 1. The number of halogens is 2. The Balaban J connectivity index is 2.59. The molecule has 0 spiro atoms. The van der Waals surface area contributed by atoms with E-state index in [1.807, 2.05) is 0 Å². The highest BCUT2D eigenvalue weighted by Crippen LogP contribution is 2.32. The van der Waals surface area contributed by atoms with E-state index in [4.69, 9.17) is 15.0 Å². The van der Waals surface area contributed by atoms with Gasteiger partial charge in [0.2, 0.25) is 0 Å². The van der Waals surface area contributed by atoms with Crippen LogP contribution in [0.5, 0.6) is 5.75 Å². The van der Waals surface area contributed by atoms with Crippen LogP contribution in [-0.4, -0.2) is 12.3 Å². The van der Waals surface area contributed by atoms with E-state index in [1.54, 1.807) is 0 Å². The minimum atomic E-state index is -0.995. The van der Waals surface area contributed by atoms with Crippen molar-refractivity contribution in [2.24, 2.45) is 0 Å². The van der Waals surface area contributed by atoms with E-state index in [-0.39, 0.29) is 22.9 Å². The molecule has 1 aromatic heterocycles. The van der Waals surface area contributed by atoms with Gasteiger partial charge in [-0.2, -0.15) is 0 Å². The summed E-state index contributed by atoms with van der Waals surface area (Å²) in [4.78, 5) is 0. The Labute approximate surface area is 89.6 Å². The molecule has 0 radical (unpaired) electrons. The van der Waals surface area contributed by atoms with E-state index >= 15 is 0 Å². The standard InChI is InChI=1S/C10H8F2N2O2/c1-15-8-3-7(12)6(11)2-5(8)9-4-10(13)14-16-9/h2-4H,1H3,(H2,13,14). The van der Waals surface area contributed by atoms with Crippen molar-refractivity contribution in [2.75, 3.05) is 12.8 Å². The van der Waals surface area contributed by atoms with Gasteiger partial charge in [0, 0.05) is 12.1 Å². The Morgan fingerprint density at radius 1 is 1.25 bits per heavy atom. The molecule has 0 aliphatic heterocycles. The molecule has 0 unspecified atom stereocenters. The number of anilines is 1. The zero-order chi connectivity index (χ0) is 11.7. The van der Waals surface area contributed by atoms with Crippen LogP contribution in [0.4, 0.5) is 14.6 Å². The van der Waals surface area contributed by atoms with Crippen molar-refractivity contribution in [3.63, 3.8) is 0 Å². The molecule has 0 aliphatic carbocycles. The maximum atomic E-state index is 13.1. The molecule has 2 N–H and O–H groups in total. The van der Waals surface area contributed by atoms with E-state index < -0.39 is 11.6 Å². The number of ether oxygens (including phenoxy) is 1. The summed E-state index contributed by atoms with van der Waals surface area (Å²) in [7, 11) is 1.34. The first-order valence-corrected chi connectivity index (χ1v) is 4.37. The summed E-state index contributed by atoms with van der Waals surface area (Å²) < 4.78 is 35.8. The molecule has 0 aliphatic rings. The second-order valence-electron chi connectivity index (χ2n) is 3.08. The van der Waals surface area contributed by atoms with Crippen molar-refractivity contribution in [1.29, 1.82) is 0 Å². The number of methoxy groups -OCH3 is 1. The SMILES string of the molecule is COc1cc(F)c(F)cc1-c1cc(N)no1. The van der Waals surface area contributed by atoms with Crippen LogP contribution in [0, 0.1) is 11.6 Å². The lowest BCUT2D eigenvalue weighted by atomic mass is 10.1. The van der Waals surface area contributed by atoms with Gasteiger partial charge in [0.25, 0.3) is 0 Å². The Morgan fingerprint density at radius 3 is 2.50 bits per heavy atom. The zero-order valence-corrected chi connectivity index (χ0v) is 8.33. The fourth-order valence-electron chi connectivity index (χ4n) is 1.31. The molecule has 0 fully saturated rings. The number of nitrogens with two attached hydrogens (primary N) is 1. The molecule has 6 heteroatoms. The molecule has 0 atom stereocenters. The molecule has 0 bridgehead atoms. The predicted octanol–water partition coefficient (Wildman–Crippen LogP) is 2.21. The molecule has 2 aromatic rings. The third-order valence-electron chi connectivity index (χ3n) is 2.04. The van der Waals surface area contributed by atoms with Crippen LogP contribution in [0.15, 0.2) is 22.7 Å². The van der Waals surface area contributed by atoms with Crippen LogP contribution in [-0.2, 0) is 0 Å². The van der Waals surface area contributed by atoms with Crippen LogP contribution in [0.1, 0.15) is 0 Å². The van der Waals surface area contributed by atoms with E-state index in [0.29, 0.717) is 0 Å². The van der Waals surface area contributed by atoms with Gasteiger partial charge in [0.1, 0.15) is 5.75 Å². The Morgan fingerprint density at radius 2 is 1.94 bits per heavy atom. The summed E-state index contributed by atoms with van der Waals surface area (Å²) in [6.45, 7) is 0. The highest BCUT2D eigenvalue weighted by molar-refractivity contribution is 5.67. The van der Waals surface area contributed by atoms with Gasteiger partial charge in [-0.1, -0.05) is 5.16 Å². The van der Waals surface area contributed by atoms with Gasteiger partial charge in [0.05, 0.1) is 12.7 Å². The van der Waals surface area contributed by atoms with Gasteiger partial charge in [0.15, 0.2) is 23.2 Å². The third-order valence-corrected chi connectivity index (χ3v) is 2.04. The molecule has 4 nitrogen and oxygen atoms in total. The molecule has 1 heterocycles. The Hall–Kier alpha value is -2.11. The fraction of sp³-hybridized carbons (Fsp3) is 0.100. The molecule has 84 valence electrons. The predicted molar refractivity (Wildman–Crippen MR) is 52.8 cm³/mol. The highest BCUT2D eigenvalue weighted by Gasteiger charge is 2.15. The average molecular weight is 226 g/mol. The molecule has 16 heavy (non-hydrogen) atoms. The summed E-state index contributed by atoms with van der Waals surface area (Å²) in [5, 5.41) is 3.45. The number of aromatic nitrogens is 1. The molecular weight excluding hydrogens is 218 g/mol. The van der Waals surface area contributed by atoms with E-state index in [2.05, 4.69) is 5.16 Å². The summed E-state index contributed by atoms with van der Waals surface area (Å²) in [5.74, 6) is -1.47. The zero-order valence-electron chi connectivity index (χ0n) is 8.33. The molecular formula is C10H8F2N2O2. The van der Waals surface area contributed by atoms with Gasteiger partial charge >= 0.3 is 0 Å². The van der Waals surface area contributed by atoms with Gasteiger partial charge < -0.3 is 15.0 Å². The average Bonchev–Trinajstić information content (AvgIpc) is 2.68. The maximum absolute atomic E-state index is 13.1. The molecule has 2 rings (SSSR count). The lowest BCUT2D eigenvalue weighted by Crippen LogP contribution is -1.92. The largest absolute Gasteiger partial charge is 0.496 e. The minimum absolute atomic E-state index is 0.148. The molecule has 0 amide bonds. The van der Waals surface area contributed by atoms with Gasteiger partial charge in [-0.15, -0.1) is 0 Å². The summed E-state index contributed by atoms with van der Waals surface area (Å²) in [5.41, 5.74) is 5.62. The number of hydrogen-bond acceptors (Lipinski definition) is 4. The number of benzene rings is 1. The van der Waals surface area contributed by atoms with E-state index in [9.17, 15) is 8.78 Å². The number of rotatable bonds is 2. The summed E-state index contributed by atoms with van der Waals surface area (Å²) >= 11 is 0. The second-order valence-corrected chi connectivity index (χ2v) is 3.08. The fourth-order valence-corrected chi connectivity index (χ4v) is 1.31. The van der Waals surface area contributed by atoms with Crippen molar-refractivity contribution in [2.45, 2.75) is 0 Å². The first-order valence-electron chi connectivity index (χ1n) is 4.37. The lowest BCUT2D eigenvalue weighted by Gasteiger charge is -2.05. The Bertz CT molecular complexity index is 526. The van der Waals surface area contributed by atoms with Crippen molar-refractivity contribution < 1.29 is 18.0 Å². The van der Waals surface area contributed by atoms with Crippen molar-refractivity contribution >= 4 is 5.82 Å². The smallest absolute Gasteiger partial charge is 0.172 e. The van der Waals surface area contributed by atoms with E-state index in [1.165, 1.54) is 13.2 Å². The third kappa shape index (κ3) is 1.69. The molecule has 0 saturated heterocycles. The Kier molecular flexibility index (Phi) is 2.47. The number of nitrogens with zero attached hydrogens (tertiary/aromatic N) is 1.